The summed E-state index contributed by atoms with van der Waals surface area (Å²) in [5, 5.41) is 10.9. The maximum atomic E-state index is 13.7. The van der Waals surface area contributed by atoms with Crippen molar-refractivity contribution < 1.29 is 23.1 Å². The summed E-state index contributed by atoms with van der Waals surface area (Å²) in [4.78, 5) is 30.9. The van der Waals surface area contributed by atoms with Gasteiger partial charge in [0, 0.05) is 31.4 Å². The van der Waals surface area contributed by atoms with Crippen LogP contribution in [-0.4, -0.2) is 62.9 Å². The SMILES string of the molecule is O=CC1CCC(n2cc(NC(=O)c3cnn4ccc(N5CC6(COC6)C5)nc34)c(C(F)F)n2)CC1. The van der Waals surface area contributed by atoms with Crippen LogP contribution >= 0.6 is 0 Å². The molecule has 3 aliphatic rings. The van der Waals surface area contributed by atoms with Crippen molar-refractivity contribution in [3.8, 4) is 0 Å². The smallest absolute Gasteiger partial charge is 0.284 e. The second kappa shape index (κ2) is 8.36. The van der Waals surface area contributed by atoms with Crippen molar-refractivity contribution in [2.75, 3.05) is 36.5 Å². The second-order valence-electron chi connectivity index (χ2n) is 9.83. The first-order chi connectivity index (χ1) is 16.9. The minimum Gasteiger partial charge on any atom is -0.380 e. The fraction of sp³-hybridized carbons (Fsp3) is 0.522. The van der Waals surface area contributed by atoms with E-state index in [-0.39, 0.29) is 28.6 Å². The number of nitrogens with zero attached hydrogens (tertiary/aromatic N) is 6. The van der Waals surface area contributed by atoms with Crippen LogP contribution in [0.15, 0.2) is 24.7 Å². The predicted molar refractivity (Wildman–Crippen MR) is 121 cm³/mol. The lowest BCUT2D eigenvalue weighted by Crippen LogP contribution is -2.66. The molecule has 12 heteroatoms. The monoisotopic (exact) mass is 485 g/mol. The van der Waals surface area contributed by atoms with Crippen molar-refractivity contribution in [2.45, 2.75) is 38.2 Å². The zero-order valence-electron chi connectivity index (χ0n) is 18.9. The van der Waals surface area contributed by atoms with E-state index in [4.69, 9.17) is 4.74 Å². The first kappa shape index (κ1) is 22.1. The highest BCUT2D eigenvalue weighted by Gasteiger charge is 2.49. The number of hydrogen-bond donors (Lipinski definition) is 1. The number of alkyl halides is 2. The Hall–Kier alpha value is -3.41. The van der Waals surface area contributed by atoms with E-state index < -0.39 is 18.0 Å². The van der Waals surface area contributed by atoms with Gasteiger partial charge >= 0.3 is 0 Å². The first-order valence-corrected chi connectivity index (χ1v) is 11.8. The van der Waals surface area contributed by atoms with Gasteiger partial charge in [0.2, 0.25) is 0 Å². The van der Waals surface area contributed by atoms with Crippen molar-refractivity contribution in [3.05, 3.63) is 35.9 Å². The fourth-order valence-electron chi connectivity index (χ4n) is 5.24. The molecule has 1 aliphatic carbocycles. The molecule has 3 fully saturated rings. The molecule has 0 radical (unpaired) electrons. The molecule has 1 N–H and O–H groups in total. The predicted octanol–water partition coefficient (Wildman–Crippen LogP) is 2.88. The number of nitrogens with one attached hydrogen (secondary N) is 1. The van der Waals surface area contributed by atoms with E-state index in [1.54, 1.807) is 6.20 Å². The Kier molecular flexibility index (Phi) is 5.28. The normalized spacial score (nSPS) is 23.3. The van der Waals surface area contributed by atoms with Gasteiger partial charge in [0.15, 0.2) is 11.3 Å². The number of carbonyl (C=O) groups is 2. The molecule has 0 bridgehead atoms. The minimum atomic E-state index is -2.85. The number of aromatic nitrogens is 5. The molecule has 0 unspecified atom stereocenters. The van der Waals surface area contributed by atoms with E-state index in [1.807, 2.05) is 6.07 Å². The van der Waals surface area contributed by atoms with Gasteiger partial charge in [-0.3, -0.25) is 9.48 Å². The van der Waals surface area contributed by atoms with Crippen molar-refractivity contribution >= 4 is 29.3 Å². The van der Waals surface area contributed by atoms with Gasteiger partial charge in [0.25, 0.3) is 12.3 Å². The molecule has 5 heterocycles. The molecule has 6 rings (SSSR count). The van der Waals surface area contributed by atoms with E-state index in [2.05, 4.69) is 25.4 Å². The Morgan fingerprint density at radius 1 is 1.23 bits per heavy atom. The van der Waals surface area contributed by atoms with Crippen molar-refractivity contribution in [3.63, 3.8) is 0 Å². The third kappa shape index (κ3) is 3.85. The lowest BCUT2D eigenvalue weighted by atomic mass is 9.78. The molecule has 0 aromatic carbocycles. The van der Waals surface area contributed by atoms with Crippen molar-refractivity contribution in [1.82, 2.24) is 24.4 Å². The van der Waals surface area contributed by atoms with Crippen LogP contribution in [0.3, 0.4) is 0 Å². The summed E-state index contributed by atoms with van der Waals surface area (Å²) in [6.45, 7) is 3.20. The number of carbonyl (C=O) groups excluding carboxylic acids is 2. The van der Waals surface area contributed by atoms with Gasteiger partial charge in [-0.15, -0.1) is 0 Å². The molecular weight excluding hydrogens is 460 g/mol. The topological polar surface area (TPSA) is 107 Å². The Morgan fingerprint density at radius 3 is 2.66 bits per heavy atom. The third-order valence-corrected chi connectivity index (χ3v) is 7.32. The van der Waals surface area contributed by atoms with Crippen LogP contribution in [0.25, 0.3) is 5.65 Å². The molecule has 1 spiro atoms. The van der Waals surface area contributed by atoms with Crippen LogP contribution in [0.2, 0.25) is 0 Å². The quantitative estimate of drug-likeness (QED) is 0.535. The van der Waals surface area contributed by atoms with Crippen molar-refractivity contribution in [1.29, 1.82) is 0 Å². The Labute approximate surface area is 199 Å². The van der Waals surface area contributed by atoms with Gasteiger partial charge in [-0.1, -0.05) is 0 Å². The third-order valence-electron chi connectivity index (χ3n) is 7.32. The maximum Gasteiger partial charge on any atom is 0.284 e. The number of hydrogen-bond acceptors (Lipinski definition) is 7. The average Bonchev–Trinajstić information content (AvgIpc) is 3.41. The highest BCUT2D eigenvalue weighted by molar-refractivity contribution is 6.08. The molecule has 10 nitrogen and oxygen atoms in total. The van der Waals surface area contributed by atoms with Crippen LogP contribution in [0.4, 0.5) is 20.3 Å². The Morgan fingerprint density at radius 2 is 2.00 bits per heavy atom. The summed E-state index contributed by atoms with van der Waals surface area (Å²) in [5.41, 5.74) is 0.242. The summed E-state index contributed by atoms with van der Waals surface area (Å²) in [6, 6.07) is 1.75. The van der Waals surface area contributed by atoms with Gasteiger partial charge < -0.3 is 19.7 Å². The van der Waals surface area contributed by atoms with Crippen LogP contribution < -0.4 is 10.2 Å². The van der Waals surface area contributed by atoms with E-state index in [0.717, 1.165) is 38.4 Å². The number of aldehydes is 1. The van der Waals surface area contributed by atoms with Crippen LogP contribution in [0.1, 0.15) is 54.2 Å². The van der Waals surface area contributed by atoms with Gasteiger partial charge in [-0.2, -0.15) is 10.2 Å². The van der Waals surface area contributed by atoms with Crippen LogP contribution in [-0.2, 0) is 9.53 Å². The summed E-state index contributed by atoms with van der Waals surface area (Å²) >= 11 is 0. The van der Waals surface area contributed by atoms with Crippen LogP contribution in [0.5, 0.6) is 0 Å². The summed E-state index contributed by atoms with van der Waals surface area (Å²) in [7, 11) is 0. The molecule has 2 aliphatic heterocycles. The van der Waals surface area contributed by atoms with Gasteiger partial charge in [0.05, 0.1) is 36.6 Å². The zero-order valence-corrected chi connectivity index (χ0v) is 18.9. The fourth-order valence-corrected chi connectivity index (χ4v) is 5.24. The van der Waals surface area contributed by atoms with Gasteiger partial charge in [-0.25, -0.2) is 18.3 Å². The molecule has 35 heavy (non-hydrogen) atoms. The summed E-state index contributed by atoms with van der Waals surface area (Å²) in [5.74, 6) is 0.159. The molecule has 1 saturated carbocycles. The van der Waals surface area contributed by atoms with Gasteiger partial charge in [0.1, 0.15) is 17.7 Å². The number of ether oxygens (including phenoxy) is 1. The zero-order chi connectivity index (χ0) is 24.2. The molecule has 0 atom stereocenters. The van der Waals surface area contributed by atoms with E-state index in [0.29, 0.717) is 31.3 Å². The molecule has 184 valence electrons. The number of amides is 1. The molecule has 1 amide bonds. The van der Waals surface area contributed by atoms with Crippen molar-refractivity contribution in [2.24, 2.45) is 11.3 Å². The maximum absolute atomic E-state index is 13.7. The van der Waals surface area contributed by atoms with Gasteiger partial charge in [-0.05, 0) is 31.7 Å². The van der Waals surface area contributed by atoms with E-state index in [1.165, 1.54) is 21.6 Å². The molecule has 2 saturated heterocycles. The minimum absolute atomic E-state index is 0.00687. The van der Waals surface area contributed by atoms with E-state index >= 15 is 0 Å². The Balaban J connectivity index is 1.22. The summed E-state index contributed by atoms with van der Waals surface area (Å²) < 4.78 is 35.8. The standard InChI is InChI=1S/C23H25F2N7O3/c24-20(25)19-17(8-32(29-19)15-3-1-14(9-33)2-4-15)27-22(34)16-7-26-31-6-5-18(28-21(16)31)30-10-23(11-30)12-35-13-23/h5-9,14-15,20H,1-4,10-13H2,(H,27,34). The number of halogens is 2. The number of rotatable bonds is 6. The highest BCUT2D eigenvalue weighted by Crippen LogP contribution is 2.39. The van der Waals surface area contributed by atoms with E-state index in [9.17, 15) is 18.4 Å². The molecule has 3 aromatic rings. The lowest BCUT2D eigenvalue weighted by Gasteiger charge is -2.55. The summed E-state index contributed by atoms with van der Waals surface area (Å²) in [6.07, 6.45) is 5.41. The van der Waals surface area contributed by atoms with Crippen LogP contribution in [0, 0.1) is 11.3 Å². The first-order valence-electron chi connectivity index (χ1n) is 11.8. The number of fused-ring (bicyclic) bond motifs is 1. The second-order valence-corrected chi connectivity index (χ2v) is 9.83. The largest absolute Gasteiger partial charge is 0.380 e. The highest BCUT2D eigenvalue weighted by atomic mass is 19.3. The lowest BCUT2D eigenvalue weighted by molar-refractivity contribution is -0.127. The Bertz CT molecular complexity index is 1270. The number of anilines is 2. The molecule has 3 aromatic heterocycles. The average molecular weight is 485 g/mol. The molecular formula is C23H25F2N7O3.